The Morgan fingerprint density at radius 1 is 1.16 bits per heavy atom. The van der Waals surface area contributed by atoms with Crippen molar-refractivity contribution in [3.05, 3.63) is 46.0 Å². The Bertz CT molecular complexity index is 806. The molecule has 4 rings (SSSR count). The van der Waals surface area contributed by atoms with Crippen LogP contribution in [0.3, 0.4) is 0 Å². The second-order valence-electron chi connectivity index (χ2n) is 6.74. The number of H-pyrrole nitrogens is 1. The van der Waals surface area contributed by atoms with Crippen LogP contribution in [0.2, 0.25) is 0 Å². The summed E-state index contributed by atoms with van der Waals surface area (Å²) < 4.78 is 1.93. The molecule has 0 saturated heterocycles. The van der Waals surface area contributed by atoms with Crippen molar-refractivity contribution in [1.82, 2.24) is 14.8 Å². The topological polar surface area (TPSA) is 79.8 Å². The first-order chi connectivity index (χ1) is 12.2. The van der Waals surface area contributed by atoms with Gasteiger partial charge in [0.2, 0.25) is 5.91 Å². The second-order valence-corrected chi connectivity index (χ2v) is 7.84. The standard InChI is InChI=1S/C18H22N4O2S/c23-14-11-25-16(12-6-5-9-19-10-12)15-17(20-14)22(21-18(15)24)13-7-3-1-2-4-8-13/h5-6,9-10,13,16H,1-4,7-8,11H2,(H,20,23)(H,21,24)/t16-/m1/s1. The van der Waals surface area contributed by atoms with Gasteiger partial charge in [-0.3, -0.25) is 24.4 Å². The zero-order chi connectivity index (χ0) is 17.2. The van der Waals surface area contributed by atoms with Crippen molar-refractivity contribution in [3.63, 3.8) is 0 Å². The summed E-state index contributed by atoms with van der Waals surface area (Å²) in [5, 5.41) is 5.81. The Morgan fingerprint density at radius 2 is 1.96 bits per heavy atom. The Kier molecular flexibility index (Phi) is 4.65. The molecule has 132 valence electrons. The lowest BCUT2D eigenvalue weighted by Crippen LogP contribution is -2.19. The normalized spacial score (nSPS) is 21.9. The highest BCUT2D eigenvalue weighted by Gasteiger charge is 2.32. The highest BCUT2D eigenvalue weighted by molar-refractivity contribution is 8.00. The van der Waals surface area contributed by atoms with Crippen molar-refractivity contribution in [1.29, 1.82) is 0 Å². The van der Waals surface area contributed by atoms with Crippen LogP contribution >= 0.6 is 11.8 Å². The van der Waals surface area contributed by atoms with Crippen LogP contribution in [0.25, 0.3) is 0 Å². The molecule has 2 aromatic rings. The quantitative estimate of drug-likeness (QED) is 0.808. The first-order valence-electron chi connectivity index (χ1n) is 8.90. The summed E-state index contributed by atoms with van der Waals surface area (Å²) in [7, 11) is 0. The molecule has 7 heteroatoms. The van der Waals surface area contributed by atoms with Crippen molar-refractivity contribution in [2.75, 3.05) is 11.1 Å². The summed E-state index contributed by atoms with van der Waals surface area (Å²) in [6, 6.07) is 4.08. The van der Waals surface area contributed by atoms with E-state index in [1.54, 1.807) is 12.4 Å². The van der Waals surface area contributed by atoms with E-state index in [2.05, 4.69) is 15.4 Å². The molecule has 0 bridgehead atoms. The van der Waals surface area contributed by atoms with Gasteiger partial charge in [-0.2, -0.15) is 0 Å². The van der Waals surface area contributed by atoms with Gasteiger partial charge >= 0.3 is 0 Å². The average molecular weight is 358 g/mol. The number of anilines is 1. The van der Waals surface area contributed by atoms with Crippen molar-refractivity contribution in [2.45, 2.75) is 49.8 Å². The summed E-state index contributed by atoms with van der Waals surface area (Å²) in [6.45, 7) is 0. The second kappa shape index (κ2) is 7.07. The summed E-state index contributed by atoms with van der Waals surface area (Å²) >= 11 is 1.48. The van der Waals surface area contributed by atoms with Crippen LogP contribution in [0.15, 0.2) is 29.3 Å². The van der Waals surface area contributed by atoms with Crippen LogP contribution in [-0.2, 0) is 4.79 Å². The van der Waals surface area contributed by atoms with E-state index in [0.29, 0.717) is 17.1 Å². The number of hydrogen-bond donors (Lipinski definition) is 2. The van der Waals surface area contributed by atoms with Crippen molar-refractivity contribution in [2.24, 2.45) is 0 Å². The van der Waals surface area contributed by atoms with Crippen LogP contribution in [0.1, 0.15) is 60.9 Å². The number of rotatable bonds is 2. The van der Waals surface area contributed by atoms with E-state index in [-0.39, 0.29) is 22.8 Å². The average Bonchev–Trinajstić information content (AvgIpc) is 2.84. The molecule has 0 radical (unpaired) electrons. The lowest BCUT2D eigenvalue weighted by Gasteiger charge is -2.19. The number of aromatic amines is 1. The van der Waals surface area contributed by atoms with E-state index >= 15 is 0 Å². The largest absolute Gasteiger partial charge is 0.310 e. The van der Waals surface area contributed by atoms with E-state index in [9.17, 15) is 9.59 Å². The van der Waals surface area contributed by atoms with Crippen molar-refractivity contribution < 1.29 is 4.79 Å². The third kappa shape index (κ3) is 3.25. The molecule has 1 fully saturated rings. The fourth-order valence-electron chi connectivity index (χ4n) is 3.83. The third-order valence-corrected chi connectivity index (χ3v) is 6.31. The monoisotopic (exact) mass is 358 g/mol. The van der Waals surface area contributed by atoms with E-state index < -0.39 is 0 Å². The minimum atomic E-state index is -0.182. The van der Waals surface area contributed by atoms with Gasteiger partial charge in [-0.1, -0.05) is 31.7 Å². The van der Waals surface area contributed by atoms with Gasteiger partial charge in [-0.25, -0.2) is 0 Å². The van der Waals surface area contributed by atoms with Crippen LogP contribution in [0.5, 0.6) is 0 Å². The zero-order valence-electron chi connectivity index (χ0n) is 14.0. The molecule has 2 N–H and O–H groups in total. The van der Waals surface area contributed by atoms with Crippen LogP contribution in [-0.4, -0.2) is 26.4 Å². The van der Waals surface area contributed by atoms with E-state index in [0.717, 1.165) is 31.2 Å². The van der Waals surface area contributed by atoms with Gasteiger partial charge in [0, 0.05) is 12.4 Å². The van der Waals surface area contributed by atoms with Gasteiger partial charge in [-0.15, -0.1) is 11.8 Å². The number of thioether (sulfide) groups is 1. The number of pyridine rings is 1. The zero-order valence-corrected chi connectivity index (χ0v) is 14.8. The van der Waals surface area contributed by atoms with Gasteiger partial charge < -0.3 is 5.32 Å². The Labute approximate surface area is 150 Å². The molecule has 1 atom stereocenters. The van der Waals surface area contributed by atoms with Crippen LogP contribution in [0, 0.1) is 0 Å². The molecular weight excluding hydrogens is 336 g/mol. The number of amides is 1. The molecule has 1 aliphatic heterocycles. The maximum Gasteiger partial charge on any atom is 0.270 e. The lowest BCUT2D eigenvalue weighted by atomic mass is 10.1. The fraction of sp³-hybridized carbons (Fsp3) is 0.500. The van der Waals surface area contributed by atoms with E-state index in [4.69, 9.17) is 0 Å². The molecule has 0 spiro atoms. The molecule has 1 aliphatic carbocycles. The minimum Gasteiger partial charge on any atom is -0.310 e. The van der Waals surface area contributed by atoms with Gasteiger partial charge in [0.15, 0.2) is 0 Å². The van der Waals surface area contributed by atoms with Crippen LogP contribution < -0.4 is 10.9 Å². The third-order valence-electron chi connectivity index (χ3n) is 5.04. The molecule has 3 heterocycles. The molecule has 2 aliphatic rings. The highest BCUT2D eigenvalue weighted by Crippen LogP contribution is 2.41. The molecular formula is C18H22N4O2S. The smallest absolute Gasteiger partial charge is 0.270 e. The number of nitrogens with one attached hydrogen (secondary N) is 2. The maximum absolute atomic E-state index is 12.8. The first-order valence-corrected chi connectivity index (χ1v) is 9.94. The number of aromatic nitrogens is 3. The number of nitrogens with zero attached hydrogens (tertiary/aromatic N) is 2. The van der Waals surface area contributed by atoms with Gasteiger partial charge in [0.1, 0.15) is 5.82 Å². The fourth-order valence-corrected chi connectivity index (χ4v) is 4.94. The molecule has 6 nitrogen and oxygen atoms in total. The predicted octanol–water partition coefficient (Wildman–Crippen LogP) is 3.24. The van der Waals surface area contributed by atoms with Crippen LogP contribution in [0.4, 0.5) is 5.82 Å². The van der Waals surface area contributed by atoms with E-state index in [1.807, 2.05) is 16.8 Å². The summed E-state index contributed by atoms with van der Waals surface area (Å²) in [6.07, 6.45) is 10.4. The maximum atomic E-state index is 12.8. The van der Waals surface area contributed by atoms with Crippen molar-refractivity contribution in [3.8, 4) is 0 Å². The molecule has 0 aromatic carbocycles. The molecule has 0 unspecified atom stereocenters. The number of hydrogen-bond acceptors (Lipinski definition) is 4. The molecule has 1 amide bonds. The Morgan fingerprint density at radius 3 is 2.68 bits per heavy atom. The summed E-state index contributed by atoms with van der Waals surface area (Å²) in [4.78, 5) is 29.2. The number of carbonyl (C=O) groups is 1. The van der Waals surface area contributed by atoms with Gasteiger partial charge in [-0.05, 0) is 24.5 Å². The minimum absolute atomic E-state index is 0.0565. The first kappa shape index (κ1) is 16.4. The Hall–Kier alpha value is -2.02. The number of carbonyl (C=O) groups excluding carboxylic acids is 1. The summed E-state index contributed by atoms with van der Waals surface area (Å²) in [5.41, 5.74) is 1.49. The SMILES string of the molecule is O=C1CS[C@H](c2cccnc2)c2c(n(C3CCCCCC3)[nH]c2=O)N1. The lowest BCUT2D eigenvalue weighted by molar-refractivity contribution is -0.113. The highest BCUT2D eigenvalue weighted by atomic mass is 32.2. The molecule has 2 aromatic heterocycles. The molecule has 25 heavy (non-hydrogen) atoms. The van der Waals surface area contributed by atoms with Gasteiger partial charge in [0.05, 0.1) is 22.6 Å². The Balaban J connectivity index is 1.80. The van der Waals surface area contributed by atoms with E-state index in [1.165, 1.54) is 24.6 Å². The molecule has 1 saturated carbocycles. The van der Waals surface area contributed by atoms with Gasteiger partial charge in [0.25, 0.3) is 5.56 Å². The van der Waals surface area contributed by atoms with Crippen molar-refractivity contribution >= 4 is 23.5 Å². The number of fused-ring (bicyclic) bond motifs is 1. The predicted molar refractivity (Wildman–Crippen MR) is 99.0 cm³/mol. The summed E-state index contributed by atoms with van der Waals surface area (Å²) in [5.74, 6) is 0.929.